The molecule has 0 aromatic heterocycles. The van der Waals surface area contributed by atoms with Crippen LogP contribution < -0.4 is 0 Å². The minimum Gasteiger partial charge on any atom is -0.414 e. The van der Waals surface area contributed by atoms with E-state index in [1.54, 1.807) is 0 Å². The highest BCUT2D eigenvalue weighted by Gasteiger charge is 2.51. The van der Waals surface area contributed by atoms with Crippen molar-refractivity contribution in [2.24, 2.45) is 0 Å². The summed E-state index contributed by atoms with van der Waals surface area (Å²) in [5, 5.41) is 62.6. The molecule has 0 amide bonds. The summed E-state index contributed by atoms with van der Waals surface area (Å²) in [7, 11) is -4.46. The highest BCUT2D eigenvalue weighted by Crippen LogP contribution is 2.39. The Morgan fingerprint density at radius 3 is 1.51 bits per heavy atom. The third-order valence-corrected chi connectivity index (χ3v) is 17.4. The summed E-state index contributed by atoms with van der Waals surface area (Å²) in [6.07, 6.45) is -14.4. The summed E-state index contributed by atoms with van der Waals surface area (Å²) in [5.74, 6) is 0. The molecule has 0 spiro atoms. The van der Waals surface area contributed by atoms with Gasteiger partial charge in [-0.05, 0) is 36.3 Å². The number of aliphatic hydroxyl groups excluding tert-OH is 6. The van der Waals surface area contributed by atoms with Gasteiger partial charge in [-0.2, -0.15) is 0 Å². The van der Waals surface area contributed by atoms with E-state index in [9.17, 15) is 30.6 Å². The second-order valence-corrected chi connectivity index (χ2v) is 22.9. The van der Waals surface area contributed by atoms with Crippen LogP contribution in [0.25, 0.3) is 0 Å². The number of aliphatic hydroxyl groups is 6. The lowest BCUT2D eigenvalue weighted by Crippen LogP contribution is -2.65. The molecule has 2 rings (SSSR count). The monoisotopic (exact) mass is 570 g/mol. The first kappa shape index (κ1) is 33.2. The summed E-state index contributed by atoms with van der Waals surface area (Å²) in [6.45, 7) is 20.5. The fourth-order valence-corrected chi connectivity index (χ4v) is 5.59. The zero-order valence-electron chi connectivity index (χ0n) is 23.9. The summed E-state index contributed by atoms with van der Waals surface area (Å²) in [6, 6.07) is 0. The van der Waals surface area contributed by atoms with Crippen molar-refractivity contribution in [3.63, 3.8) is 0 Å². The van der Waals surface area contributed by atoms with E-state index in [0.717, 1.165) is 0 Å². The van der Waals surface area contributed by atoms with Crippen LogP contribution in [0.4, 0.5) is 0 Å². The highest BCUT2D eigenvalue weighted by molar-refractivity contribution is 6.74. The molecule has 2 aliphatic heterocycles. The van der Waals surface area contributed by atoms with Gasteiger partial charge in [-0.25, -0.2) is 0 Å². The molecule has 0 aliphatic carbocycles. The average molecular weight is 571 g/mol. The van der Waals surface area contributed by atoms with Gasteiger partial charge in [0.15, 0.2) is 29.2 Å². The van der Waals surface area contributed by atoms with Crippen LogP contribution in [0.1, 0.15) is 41.5 Å². The molecule has 0 radical (unpaired) electrons. The van der Waals surface area contributed by atoms with Gasteiger partial charge in [0, 0.05) is 0 Å². The Balaban J connectivity index is 2.20. The second-order valence-electron chi connectivity index (χ2n) is 13.3. The van der Waals surface area contributed by atoms with Gasteiger partial charge in [0.25, 0.3) is 0 Å². The van der Waals surface area contributed by atoms with Gasteiger partial charge in [-0.1, -0.05) is 41.5 Å². The molecule has 6 N–H and O–H groups in total. The van der Waals surface area contributed by atoms with Crippen LogP contribution >= 0.6 is 0 Å². The van der Waals surface area contributed by atoms with Crippen molar-refractivity contribution in [2.45, 2.75) is 139 Å². The molecule has 2 heterocycles. The Bertz CT molecular complexity index is 739. The summed E-state index contributed by atoms with van der Waals surface area (Å²) < 4.78 is 29.6. The van der Waals surface area contributed by atoms with E-state index in [-0.39, 0.29) is 23.3 Å². The van der Waals surface area contributed by atoms with Crippen LogP contribution in [-0.4, -0.2) is 122 Å². The van der Waals surface area contributed by atoms with Crippen molar-refractivity contribution in [3.05, 3.63) is 0 Å². The molecule has 0 saturated carbocycles. The molecule has 11 nitrogen and oxygen atoms in total. The minimum absolute atomic E-state index is 0.0374. The predicted octanol–water partition coefficient (Wildman–Crippen LogP) is 0.662. The van der Waals surface area contributed by atoms with E-state index < -0.39 is 78.0 Å². The summed E-state index contributed by atoms with van der Waals surface area (Å²) in [4.78, 5) is 0. The molecule has 10 atom stereocenters. The van der Waals surface area contributed by atoms with E-state index in [0.29, 0.717) is 0 Å². The van der Waals surface area contributed by atoms with E-state index in [2.05, 4.69) is 41.5 Å². The first-order valence-corrected chi connectivity index (χ1v) is 18.7. The first-order chi connectivity index (χ1) is 16.6. The topological polar surface area (TPSA) is 168 Å². The summed E-state index contributed by atoms with van der Waals surface area (Å²) in [5.41, 5.74) is 0. The van der Waals surface area contributed by atoms with Crippen molar-refractivity contribution in [1.82, 2.24) is 0 Å². The maximum absolute atomic E-state index is 10.7. The van der Waals surface area contributed by atoms with Gasteiger partial charge < -0.3 is 53.7 Å². The zero-order valence-corrected chi connectivity index (χ0v) is 25.9. The van der Waals surface area contributed by atoms with Crippen molar-refractivity contribution >= 4 is 16.6 Å². The molecule has 0 unspecified atom stereocenters. The van der Waals surface area contributed by atoms with Gasteiger partial charge in [0.1, 0.15) is 48.8 Å². The molecule has 2 saturated heterocycles. The lowest BCUT2D eigenvalue weighted by atomic mass is 9.97. The van der Waals surface area contributed by atoms with Crippen LogP contribution in [-0.2, 0) is 23.1 Å². The van der Waals surface area contributed by atoms with E-state index in [1.165, 1.54) is 0 Å². The van der Waals surface area contributed by atoms with Crippen molar-refractivity contribution in [2.75, 3.05) is 13.2 Å². The average Bonchev–Trinajstić information content (AvgIpc) is 2.75. The van der Waals surface area contributed by atoms with Crippen LogP contribution in [0, 0.1) is 0 Å². The maximum atomic E-state index is 10.7. The van der Waals surface area contributed by atoms with E-state index in [1.807, 2.05) is 26.2 Å². The van der Waals surface area contributed by atoms with Crippen molar-refractivity contribution in [1.29, 1.82) is 0 Å². The number of rotatable bonds is 8. The Morgan fingerprint density at radius 1 is 0.595 bits per heavy atom. The van der Waals surface area contributed by atoms with Crippen LogP contribution in [0.3, 0.4) is 0 Å². The Kier molecular flexibility index (Phi) is 10.6. The Labute approximate surface area is 222 Å². The van der Waals surface area contributed by atoms with Gasteiger partial charge in [0.2, 0.25) is 0 Å². The fraction of sp³-hybridized carbons (Fsp3) is 1.00. The maximum Gasteiger partial charge on any atom is 0.192 e. The van der Waals surface area contributed by atoms with Gasteiger partial charge in [0.05, 0.1) is 13.2 Å². The molecule has 220 valence electrons. The quantitative estimate of drug-likeness (QED) is 0.227. The molecule has 0 aromatic carbocycles. The number of hydrogen-bond acceptors (Lipinski definition) is 11. The zero-order chi connectivity index (χ0) is 28.7. The molecule has 2 aliphatic rings. The summed E-state index contributed by atoms with van der Waals surface area (Å²) >= 11 is 0. The first-order valence-electron chi connectivity index (χ1n) is 12.9. The van der Waals surface area contributed by atoms with Crippen LogP contribution in [0.15, 0.2) is 0 Å². The third kappa shape index (κ3) is 7.60. The fourth-order valence-electron chi connectivity index (χ4n) is 3.56. The Morgan fingerprint density at radius 2 is 1.05 bits per heavy atom. The predicted molar refractivity (Wildman–Crippen MR) is 141 cm³/mol. The van der Waals surface area contributed by atoms with E-state index >= 15 is 0 Å². The van der Waals surface area contributed by atoms with Crippen molar-refractivity contribution in [3.8, 4) is 0 Å². The molecule has 13 heteroatoms. The molecule has 37 heavy (non-hydrogen) atoms. The number of hydrogen-bond donors (Lipinski definition) is 6. The van der Waals surface area contributed by atoms with Crippen LogP contribution in [0.5, 0.6) is 0 Å². The smallest absolute Gasteiger partial charge is 0.192 e. The van der Waals surface area contributed by atoms with E-state index in [4.69, 9.17) is 23.1 Å². The Hall–Kier alpha value is -0.00623. The van der Waals surface area contributed by atoms with Gasteiger partial charge in [-0.3, -0.25) is 0 Å². The molecular formula is C24H50O11Si2. The highest BCUT2D eigenvalue weighted by atomic mass is 28.4. The lowest BCUT2D eigenvalue weighted by Gasteiger charge is -2.47. The lowest BCUT2D eigenvalue weighted by molar-refractivity contribution is -0.354. The molecule has 0 aromatic rings. The van der Waals surface area contributed by atoms with Gasteiger partial charge >= 0.3 is 0 Å². The standard InChI is InChI=1S/C24H50O11Si2/c1-23(2,3)36(7,8)31-11-13-15(25)16(26)19(29)22(34-13)35-20-14(33-21(30)18(28)17(20)27)12-32-37(9,10)24(4,5)6/h13-22,25-30H,11-12H2,1-10H3/t13-,14-,15-,16+,17-,18+,19+,20-,21+,22-/m0/s1. The second kappa shape index (κ2) is 11.8. The third-order valence-electron chi connectivity index (χ3n) is 8.45. The molecule has 2 fully saturated rings. The SMILES string of the molecule is CC(C)(C)[Si](C)(C)OC[C@@H]1O[C@@H](O[C@@H]2[C@@H](O)[C@@H](O)[C@H](O)O[C@H]2CO[Si](C)(C)C(C)(C)C)[C@H](O)[C@H](O)[C@H]1O. The van der Waals surface area contributed by atoms with Crippen molar-refractivity contribution < 1.29 is 53.7 Å². The van der Waals surface area contributed by atoms with Gasteiger partial charge in [-0.15, -0.1) is 0 Å². The number of ether oxygens (including phenoxy) is 3. The van der Waals surface area contributed by atoms with Crippen LogP contribution in [0.2, 0.25) is 36.3 Å². The molecular weight excluding hydrogens is 520 g/mol. The minimum atomic E-state index is -2.25. The molecule has 0 bridgehead atoms. The largest absolute Gasteiger partial charge is 0.414 e. The normalized spacial score (nSPS) is 38.6.